The third-order valence-corrected chi connectivity index (χ3v) is 5.52. The Morgan fingerprint density at radius 3 is 2.76 bits per heavy atom. The van der Waals surface area contributed by atoms with Gasteiger partial charge in [-0.05, 0) is 42.0 Å². The average Bonchev–Trinajstić information content (AvgIpc) is 2.53. The minimum absolute atomic E-state index is 0.00872. The molecule has 0 saturated heterocycles. The molecule has 1 N–H and O–H groups in total. The number of Topliss-reactive ketones (excluding diaryl/α,β-unsaturated/α-hetero) is 1. The molecule has 0 amide bonds. The molecule has 0 bridgehead atoms. The Bertz CT molecular complexity index is 576. The summed E-state index contributed by atoms with van der Waals surface area (Å²) in [5.41, 5.74) is 0.931. The van der Waals surface area contributed by atoms with Gasteiger partial charge in [0.25, 0.3) is 0 Å². The summed E-state index contributed by atoms with van der Waals surface area (Å²) >= 11 is 0. The molecule has 2 aliphatic rings. The normalized spacial score (nSPS) is 31.0. The number of hydrogen-bond donors (Lipinski definition) is 1. The van der Waals surface area contributed by atoms with Crippen molar-refractivity contribution in [2.45, 2.75) is 51.6 Å². The summed E-state index contributed by atoms with van der Waals surface area (Å²) in [7, 11) is 1.63. The third-order valence-electron chi connectivity index (χ3n) is 5.52. The van der Waals surface area contributed by atoms with Crippen LogP contribution in [0.1, 0.15) is 55.5 Å². The molecule has 2 aliphatic carbocycles. The van der Waals surface area contributed by atoms with Crippen LogP contribution in [0.25, 0.3) is 0 Å². The standard InChI is InChI=1S/C18H24O3/c1-17(2)7-4-8-18(20)11-12-9-13(21-3)5-6-14(12)15(19)10-16(17)18/h5-6,9,16,20H,4,7-8,10-11H2,1-3H3/t16-,18-/m0/s1. The Labute approximate surface area is 126 Å². The summed E-state index contributed by atoms with van der Waals surface area (Å²) in [6.45, 7) is 4.37. The number of carbonyl (C=O) groups is 1. The maximum atomic E-state index is 12.6. The molecule has 0 aliphatic heterocycles. The molecule has 0 radical (unpaired) electrons. The van der Waals surface area contributed by atoms with Crippen molar-refractivity contribution in [3.63, 3.8) is 0 Å². The maximum Gasteiger partial charge on any atom is 0.163 e. The first-order valence-electron chi connectivity index (χ1n) is 7.78. The maximum absolute atomic E-state index is 12.6. The Kier molecular flexibility index (Phi) is 3.36. The lowest BCUT2D eigenvalue weighted by Gasteiger charge is -2.48. The molecule has 3 nitrogen and oxygen atoms in total. The van der Waals surface area contributed by atoms with Crippen molar-refractivity contribution in [2.75, 3.05) is 7.11 Å². The lowest BCUT2D eigenvalue weighted by atomic mass is 9.59. The summed E-state index contributed by atoms with van der Waals surface area (Å²) in [6, 6.07) is 5.60. The van der Waals surface area contributed by atoms with E-state index in [4.69, 9.17) is 4.74 Å². The zero-order chi connectivity index (χ0) is 15.3. The van der Waals surface area contributed by atoms with Gasteiger partial charge in [0, 0.05) is 24.3 Å². The molecule has 21 heavy (non-hydrogen) atoms. The number of hydrogen-bond acceptors (Lipinski definition) is 3. The summed E-state index contributed by atoms with van der Waals surface area (Å²) < 4.78 is 5.27. The number of rotatable bonds is 1. The quantitative estimate of drug-likeness (QED) is 0.861. The van der Waals surface area contributed by atoms with E-state index in [0.29, 0.717) is 12.8 Å². The number of aliphatic hydroxyl groups is 1. The number of methoxy groups -OCH3 is 1. The fraction of sp³-hybridized carbons (Fsp3) is 0.611. The predicted molar refractivity (Wildman–Crippen MR) is 81.7 cm³/mol. The van der Waals surface area contributed by atoms with Crippen LogP contribution in [0.5, 0.6) is 5.75 Å². The van der Waals surface area contributed by atoms with Crippen LogP contribution in [-0.2, 0) is 6.42 Å². The van der Waals surface area contributed by atoms with E-state index in [1.54, 1.807) is 7.11 Å². The van der Waals surface area contributed by atoms with Gasteiger partial charge < -0.3 is 9.84 Å². The van der Waals surface area contributed by atoms with Crippen LogP contribution in [0, 0.1) is 11.3 Å². The first-order valence-corrected chi connectivity index (χ1v) is 7.78. The van der Waals surface area contributed by atoms with Gasteiger partial charge in [0.1, 0.15) is 5.75 Å². The van der Waals surface area contributed by atoms with Gasteiger partial charge in [-0.15, -0.1) is 0 Å². The minimum atomic E-state index is -0.769. The largest absolute Gasteiger partial charge is 0.497 e. The summed E-state index contributed by atoms with van der Waals surface area (Å²) in [6.07, 6.45) is 3.88. The van der Waals surface area contributed by atoms with E-state index in [-0.39, 0.29) is 17.1 Å². The van der Waals surface area contributed by atoms with Gasteiger partial charge in [0.05, 0.1) is 12.7 Å². The van der Waals surface area contributed by atoms with Gasteiger partial charge in [-0.3, -0.25) is 4.79 Å². The zero-order valence-electron chi connectivity index (χ0n) is 13.1. The molecule has 0 unspecified atom stereocenters. The molecule has 1 fully saturated rings. The zero-order valence-corrected chi connectivity index (χ0v) is 13.1. The van der Waals surface area contributed by atoms with Crippen molar-refractivity contribution in [3.05, 3.63) is 29.3 Å². The van der Waals surface area contributed by atoms with Gasteiger partial charge in [-0.2, -0.15) is 0 Å². The smallest absolute Gasteiger partial charge is 0.163 e. The Morgan fingerprint density at radius 2 is 2.05 bits per heavy atom. The highest BCUT2D eigenvalue weighted by molar-refractivity contribution is 5.98. The molecular weight excluding hydrogens is 264 g/mol. The van der Waals surface area contributed by atoms with Crippen molar-refractivity contribution in [2.24, 2.45) is 11.3 Å². The molecule has 0 aromatic heterocycles. The van der Waals surface area contributed by atoms with E-state index in [2.05, 4.69) is 13.8 Å². The minimum Gasteiger partial charge on any atom is -0.497 e. The summed E-state index contributed by atoms with van der Waals surface area (Å²) in [5, 5.41) is 11.2. The lowest BCUT2D eigenvalue weighted by Crippen LogP contribution is -2.50. The molecule has 1 saturated carbocycles. The van der Waals surface area contributed by atoms with E-state index < -0.39 is 5.60 Å². The van der Waals surface area contributed by atoms with E-state index in [0.717, 1.165) is 36.1 Å². The molecule has 3 rings (SSSR count). The van der Waals surface area contributed by atoms with Gasteiger partial charge in [0.2, 0.25) is 0 Å². The molecular formula is C18H24O3. The van der Waals surface area contributed by atoms with Gasteiger partial charge in [-0.1, -0.05) is 20.3 Å². The van der Waals surface area contributed by atoms with Crippen LogP contribution in [0.4, 0.5) is 0 Å². The highest BCUT2D eigenvalue weighted by Gasteiger charge is 2.50. The summed E-state index contributed by atoms with van der Waals surface area (Å²) in [5.74, 6) is 0.937. The van der Waals surface area contributed by atoms with Crippen molar-refractivity contribution < 1.29 is 14.6 Å². The lowest BCUT2D eigenvalue weighted by molar-refractivity contribution is -0.0992. The molecule has 1 aromatic rings. The van der Waals surface area contributed by atoms with Gasteiger partial charge in [0.15, 0.2) is 5.78 Å². The van der Waals surface area contributed by atoms with E-state index in [9.17, 15) is 9.90 Å². The molecule has 0 spiro atoms. The predicted octanol–water partition coefficient (Wildman–Crippen LogP) is 3.38. The number of ether oxygens (including phenoxy) is 1. The highest BCUT2D eigenvalue weighted by atomic mass is 16.5. The van der Waals surface area contributed by atoms with Gasteiger partial charge in [-0.25, -0.2) is 0 Å². The van der Waals surface area contributed by atoms with E-state index in [1.807, 2.05) is 18.2 Å². The van der Waals surface area contributed by atoms with Crippen molar-refractivity contribution >= 4 is 5.78 Å². The molecule has 1 aromatic carbocycles. The number of ketones is 1. The Hall–Kier alpha value is -1.35. The van der Waals surface area contributed by atoms with Crippen LogP contribution in [0.2, 0.25) is 0 Å². The second kappa shape index (κ2) is 4.84. The van der Waals surface area contributed by atoms with Crippen LogP contribution >= 0.6 is 0 Å². The third kappa shape index (κ3) is 2.38. The van der Waals surface area contributed by atoms with Crippen LogP contribution < -0.4 is 4.74 Å². The first-order chi connectivity index (χ1) is 9.86. The second-order valence-corrected chi connectivity index (χ2v) is 7.33. The number of carbonyl (C=O) groups excluding carboxylic acids is 1. The average molecular weight is 288 g/mol. The van der Waals surface area contributed by atoms with E-state index >= 15 is 0 Å². The molecule has 114 valence electrons. The van der Waals surface area contributed by atoms with Crippen LogP contribution in [0.15, 0.2) is 18.2 Å². The molecule has 2 atom stereocenters. The number of benzene rings is 1. The monoisotopic (exact) mass is 288 g/mol. The second-order valence-electron chi connectivity index (χ2n) is 7.33. The number of fused-ring (bicyclic) bond motifs is 2. The molecule has 0 heterocycles. The van der Waals surface area contributed by atoms with Crippen LogP contribution in [-0.4, -0.2) is 23.6 Å². The van der Waals surface area contributed by atoms with E-state index in [1.165, 1.54) is 0 Å². The fourth-order valence-electron chi connectivity index (χ4n) is 4.34. The topological polar surface area (TPSA) is 46.5 Å². The summed E-state index contributed by atoms with van der Waals surface area (Å²) in [4.78, 5) is 12.6. The Balaban J connectivity index is 2.07. The highest BCUT2D eigenvalue weighted by Crippen LogP contribution is 2.51. The SMILES string of the molecule is COc1ccc2c(c1)C[C@@]1(O)CCCC(C)(C)[C@@H]1CC2=O. The van der Waals surface area contributed by atoms with Crippen molar-refractivity contribution in [3.8, 4) is 5.75 Å². The fourth-order valence-corrected chi connectivity index (χ4v) is 4.34. The first kappa shape index (κ1) is 14.6. The van der Waals surface area contributed by atoms with Crippen molar-refractivity contribution in [1.29, 1.82) is 0 Å². The van der Waals surface area contributed by atoms with Crippen LogP contribution in [0.3, 0.4) is 0 Å². The van der Waals surface area contributed by atoms with Gasteiger partial charge >= 0.3 is 0 Å². The molecule has 3 heteroatoms. The van der Waals surface area contributed by atoms with Crippen molar-refractivity contribution in [1.82, 2.24) is 0 Å². The Morgan fingerprint density at radius 1 is 1.29 bits per heavy atom.